The summed E-state index contributed by atoms with van der Waals surface area (Å²) in [6.45, 7) is 4.66. The third-order valence-electron chi connectivity index (χ3n) is 3.32. The summed E-state index contributed by atoms with van der Waals surface area (Å²) in [6, 6.07) is 0. The summed E-state index contributed by atoms with van der Waals surface area (Å²) in [4.78, 5) is 0. The number of hydrogen-bond acceptors (Lipinski definition) is 5. The third-order valence-corrected chi connectivity index (χ3v) is 3.32. The van der Waals surface area contributed by atoms with Gasteiger partial charge in [-0.2, -0.15) is 0 Å². The van der Waals surface area contributed by atoms with E-state index in [1.54, 1.807) is 0 Å². The number of likely N-dealkylation sites (N-methyl/N-ethyl adjacent to an activating group) is 1. The van der Waals surface area contributed by atoms with Crippen LogP contribution in [0.15, 0.2) is 0 Å². The Hall–Kier alpha value is 0.0500. The zero-order valence-corrected chi connectivity index (χ0v) is 14.4. The molecule has 0 aromatic rings. The van der Waals surface area contributed by atoms with E-state index < -0.39 is 10.2 Å². The van der Waals surface area contributed by atoms with Gasteiger partial charge in [0.05, 0.1) is 27.2 Å². The van der Waals surface area contributed by atoms with Crippen LogP contribution in [0.1, 0.15) is 58.3 Å². The summed E-state index contributed by atoms with van der Waals surface area (Å²) >= 11 is 0. The van der Waals surface area contributed by atoms with Crippen molar-refractivity contribution in [1.82, 2.24) is 0 Å². The summed E-state index contributed by atoms with van der Waals surface area (Å²) in [6.07, 6.45) is 11.1. The molecule has 0 saturated carbocycles. The molecule has 0 fully saturated rings. The number of aliphatic hydroxyl groups excluding tert-OH is 1. The lowest BCUT2D eigenvalue weighted by atomic mass is 10.1. The highest BCUT2D eigenvalue weighted by Gasteiger charge is 2.12. The predicted molar refractivity (Wildman–Crippen MR) is 71.5 cm³/mol. The first-order valence-corrected chi connectivity index (χ1v) is 8.90. The summed E-state index contributed by atoms with van der Waals surface area (Å²) in [7, 11) is -0.533. The molecule has 7 heteroatoms. The molecule has 130 valence electrons. The molecule has 0 aliphatic heterocycles. The summed E-state index contributed by atoms with van der Waals surface area (Å²) in [5.41, 5.74) is 0. The van der Waals surface area contributed by atoms with Gasteiger partial charge in [-0.25, -0.2) is 18.6 Å². The van der Waals surface area contributed by atoms with Crippen molar-refractivity contribution in [3.8, 4) is 0 Å². The Labute approximate surface area is 131 Å². The Morgan fingerprint density at radius 3 is 1.52 bits per heavy atom. The van der Waals surface area contributed by atoms with E-state index in [9.17, 15) is 0 Å². The molecule has 0 aliphatic carbocycles. The van der Waals surface area contributed by atoms with Crippen molar-refractivity contribution in [2.45, 2.75) is 58.3 Å². The lowest BCUT2D eigenvalue weighted by Gasteiger charge is -2.28. The van der Waals surface area contributed by atoms with Gasteiger partial charge in [-0.05, 0) is 12.8 Å². The Morgan fingerprint density at radius 2 is 1.14 bits per heavy atom. The fraction of sp³-hybridized carbons (Fsp3) is 1.00. The largest absolute Gasteiger partial charge is 0.391 e. The molecule has 0 aliphatic rings. The highest BCUT2D eigenvalue weighted by atomic mass is 35.7. The SMILES string of the molecule is CCCCCCCCCC[N+](C)(C)CCO.[O-][Cl+3]([O-])([O-])[O-]. The van der Waals surface area contributed by atoms with Crippen LogP contribution in [0, 0.1) is 10.2 Å². The first-order chi connectivity index (χ1) is 9.62. The molecule has 0 radical (unpaired) electrons. The van der Waals surface area contributed by atoms with Crippen LogP contribution in [0.3, 0.4) is 0 Å². The van der Waals surface area contributed by atoms with Crippen molar-refractivity contribution in [3.63, 3.8) is 0 Å². The quantitative estimate of drug-likeness (QED) is 0.364. The van der Waals surface area contributed by atoms with Crippen LogP contribution in [-0.2, 0) is 0 Å². The van der Waals surface area contributed by atoms with Crippen molar-refractivity contribution in [3.05, 3.63) is 0 Å². The molecule has 0 heterocycles. The van der Waals surface area contributed by atoms with E-state index in [1.807, 2.05) is 0 Å². The van der Waals surface area contributed by atoms with Crippen LogP contribution in [0.5, 0.6) is 0 Å². The Morgan fingerprint density at radius 1 is 0.762 bits per heavy atom. The van der Waals surface area contributed by atoms with Gasteiger partial charge in [0.2, 0.25) is 0 Å². The number of nitrogens with zero attached hydrogens (tertiary/aromatic N) is 1. The molecule has 0 amide bonds. The molecular formula is C14H32ClNO5. The number of unbranched alkanes of at least 4 members (excludes halogenated alkanes) is 7. The highest BCUT2D eigenvalue weighted by molar-refractivity contribution is 4.46. The first-order valence-electron chi connectivity index (χ1n) is 7.67. The van der Waals surface area contributed by atoms with E-state index in [-0.39, 0.29) is 0 Å². The van der Waals surface area contributed by atoms with Crippen LogP contribution >= 0.6 is 0 Å². The monoisotopic (exact) mass is 329 g/mol. The van der Waals surface area contributed by atoms with Gasteiger partial charge >= 0.3 is 0 Å². The average molecular weight is 330 g/mol. The normalized spacial score (nSPS) is 12.0. The van der Waals surface area contributed by atoms with Crippen molar-refractivity contribution in [1.29, 1.82) is 0 Å². The second kappa shape index (κ2) is 13.7. The standard InChI is InChI=1S/C14H32NO.ClHO4/c1-4-5-6-7-8-9-10-11-12-15(2,3)13-14-16;2-1(3,4)5/h16H,4-14H2,1-3H3;(H,2,3,4,5)/q+1;/p-1. The second-order valence-electron chi connectivity index (χ2n) is 5.96. The molecule has 0 bridgehead atoms. The van der Waals surface area contributed by atoms with E-state index in [0.717, 1.165) is 11.0 Å². The molecule has 0 rings (SSSR count). The predicted octanol–water partition coefficient (Wildman–Crippen LogP) is -1.56. The van der Waals surface area contributed by atoms with Crippen LogP contribution in [0.2, 0.25) is 0 Å². The minimum atomic E-state index is -4.94. The lowest BCUT2D eigenvalue weighted by Crippen LogP contribution is -2.68. The molecule has 6 nitrogen and oxygen atoms in total. The van der Waals surface area contributed by atoms with Gasteiger partial charge < -0.3 is 9.59 Å². The van der Waals surface area contributed by atoms with Crippen molar-refractivity contribution in [2.75, 3.05) is 33.8 Å². The van der Waals surface area contributed by atoms with E-state index >= 15 is 0 Å². The molecule has 0 atom stereocenters. The highest BCUT2D eigenvalue weighted by Crippen LogP contribution is 2.09. The topological polar surface area (TPSA) is 112 Å². The molecule has 0 saturated heterocycles. The van der Waals surface area contributed by atoms with Crippen LogP contribution in [-0.4, -0.2) is 43.4 Å². The average Bonchev–Trinajstić information content (AvgIpc) is 2.30. The lowest BCUT2D eigenvalue weighted by molar-refractivity contribution is -2.00. The van der Waals surface area contributed by atoms with E-state index in [0.29, 0.717) is 6.61 Å². The molecule has 1 N–H and O–H groups in total. The number of halogens is 1. The fourth-order valence-corrected chi connectivity index (χ4v) is 2.06. The smallest absolute Gasteiger partial charge is 0.102 e. The van der Waals surface area contributed by atoms with E-state index in [1.165, 1.54) is 57.9 Å². The second-order valence-corrected chi connectivity index (χ2v) is 6.72. The molecule has 0 spiro atoms. The van der Waals surface area contributed by atoms with Gasteiger partial charge in [-0.15, -0.1) is 10.2 Å². The van der Waals surface area contributed by atoms with Gasteiger partial charge in [0.25, 0.3) is 0 Å². The van der Waals surface area contributed by atoms with Gasteiger partial charge in [0.1, 0.15) is 6.54 Å². The van der Waals surface area contributed by atoms with Crippen LogP contribution in [0.4, 0.5) is 0 Å². The molecular weight excluding hydrogens is 298 g/mol. The van der Waals surface area contributed by atoms with Gasteiger partial charge in [0, 0.05) is 0 Å². The summed E-state index contributed by atoms with van der Waals surface area (Å²) in [5.74, 6) is 0. The molecule has 0 aromatic carbocycles. The summed E-state index contributed by atoms with van der Waals surface area (Å²) in [5, 5.41) is 8.91. The maximum absolute atomic E-state index is 8.91. The van der Waals surface area contributed by atoms with Gasteiger partial charge in [-0.3, -0.25) is 0 Å². The van der Waals surface area contributed by atoms with Gasteiger partial charge in [0.15, 0.2) is 0 Å². The number of hydrogen-bond donors (Lipinski definition) is 1. The summed E-state index contributed by atoms with van der Waals surface area (Å²) < 4.78 is 34.9. The van der Waals surface area contributed by atoms with Crippen LogP contribution < -0.4 is 18.6 Å². The fourth-order valence-electron chi connectivity index (χ4n) is 2.06. The number of quaternary nitrogens is 1. The number of rotatable bonds is 11. The van der Waals surface area contributed by atoms with Crippen molar-refractivity contribution in [2.24, 2.45) is 0 Å². The van der Waals surface area contributed by atoms with E-state index in [4.69, 9.17) is 23.7 Å². The molecule has 21 heavy (non-hydrogen) atoms. The zero-order valence-electron chi connectivity index (χ0n) is 13.7. The van der Waals surface area contributed by atoms with Crippen molar-refractivity contribution >= 4 is 0 Å². The van der Waals surface area contributed by atoms with Gasteiger partial charge in [-0.1, -0.05) is 45.4 Å². The number of aliphatic hydroxyl groups is 1. The minimum absolute atomic E-state index is 0.310. The Bertz CT molecular complexity index is 216. The first kappa shape index (κ1) is 23.3. The van der Waals surface area contributed by atoms with Crippen LogP contribution in [0.25, 0.3) is 0 Å². The van der Waals surface area contributed by atoms with Crippen molar-refractivity contribution < 1.29 is 38.5 Å². The molecule has 0 aromatic heterocycles. The Kier molecular flexibility index (Phi) is 15.2. The third kappa shape index (κ3) is 28.8. The molecule has 0 unspecified atom stereocenters. The zero-order chi connectivity index (χ0) is 16.8. The Balaban J connectivity index is 0. The maximum atomic E-state index is 8.91. The minimum Gasteiger partial charge on any atom is -0.391 e. The maximum Gasteiger partial charge on any atom is 0.102 e. The van der Waals surface area contributed by atoms with E-state index in [2.05, 4.69) is 21.0 Å².